The number of benzene rings is 1. The Bertz CT molecular complexity index is 908. The normalized spacial score (nSPS) is 15.4. The van der Waals surface area contributed by atoms with Gasteiger partial charge >= 0.3 is 0 Å². The zero-order chi connectivity index (χ0) is 16.6. The van der Waals surface area contributed by atoms with Gasteiger partial charge in [0.15, 0.2) is 0 Å². The van der Waals surface area contributed by atoms with Crippen LogP contribution in [-0.4, -0.2) is 36.1 Å². The molecule has 2 heterocycles. The van der Waals surface area contributed by atoms with E-state index >= 15 is 0 Å². The van der Waals surface area contributed by atoms with Gasteiger partial charge in [-0.1, -0.05) is 34.1 Å². The number of rotatable bonds is 3. The summed E-state index contributed by atoms with van der Waals surface area (Å²) >= 11 is 3.53. The van der Waals surface area contributed by atoms with E-state index in [4.69, 9.17) is 0 Å². The van der Waals surface area contributed by atoms with Gasteiger partial charge in [-0.25, -0.2) is 13.4 Å². The topological polar surface area (TPSA) is 83.1 Å². The van der Waals surface area contributed by atoms with Crippen LogP contribution < -0.4 is 5.56 Å². The molecule has 1 aromatic heterocycles. The molecule has 0 bridgehead atoms. The Kier molecular flexibility index (Phi) is 4.39. The summed E-state index contributed by atoms with van der Waals surface area (Å²) in [5, 5.41) is -0.250. The summed E-state index contributed by atoms with van der Waals surface area (Å²) in [4.78, 5) is 20.9. The van der Waals surface area contributed by atoms with Gasteiger partial charge in [0.05, 0.1) is 11.3 Å². The van der Waals surface area contributed by atoms with Crippen LogP contribution in [0.5, 0.6) is 0 Å². The van der Waals surface area contributed by atoms with E-state index in [1.165, 1.54) is 0 Å². The molecule has 0 atom stereocenters. The highest BCUT2D eigenvalue weighted by Crippen LogP contribution is 2.21. The van der Waals surface area contributed by atoms with Gasteiger partial charge in [0, 0.05) is 36.8 Å². The Morgan fingerprint density at radius 1 is 1.35 bits per heavy atom. The van der Waals surface area contributed by atoms with E-state index in [9.17, 15) is 13.2 Å². The molecule has 0 saturated carbocycles. The first-order chi connectivity index (χ1) is 10.8. The van der Waals surface area contributed by atoms with Crippen molar-refractivity contribution in [3.63, 3.8) is 0 Å². The first-order valence-electron chi connectivity index (χ1n) is 7.12. The van der Waals surface area contributed by atoms with Crippen molar-refractivity contribution in [2.45, 2.75) is 24.7 Å². The Morgan fingerprint density at radius 3 is 2.78 bits per heavy atom. The average molecular weight is 398 g/mol. The number of hydrogen-bond acceptors (Lipinski definition) is 5. The standard InChI is InChI=1S/C15H16BrN3O3S/c1-23(21,22)15-17-13-6-7-19(9-11(13)14(20)18-15)8-10-4-2-3-5-12(10)16/h2-5H,6-9H2,1H3,(H,17,18,20). The number of halogens is 1. The lowest BCUT2D eigenvalue weighted by Crippen LogP contribution is -2.36. The second kappa shape index (κ2) is 6.18. The highest BCUT2D eigenvalue weighted by Gasteiger charge is 2.23. The fourth-order valence-electron chi connectivity index (χ4n) is 2.64. The molecule has 1 N–H and O–H groups in total. The number of aromatic nitrogens is 2. The molecule has 0 saturated heterocycles. The Labute approximate surface area is 142 Å². The molecule has 1 aliphatic rings. The molecule has 0 spiro atoms. The Hall–Kier alpha value is -1.51. The van der Waals surface area contributed by atoms with Crippen LogP contribution >= 0.6 is 15.9 Å². The van der Waals surface area contributed by atoms with E-state index in [-0.39, 0.29) is 10.7 Å². The largest absolute Gasteiger partial charge is 0.297 e. The van der Waals surface area contributed by atoms with Crippen molar-refractivity contribution < 1.29 is 8.42 Å². The summed E-state index contributed by atoms with van der Waals surface area (Å²) in [5.74, 6) is 0. The van der Waals surface area contributed by atoms with Gasteiger partial charge in [-0.3, -0.25) is 14.7 Å². The molecule has 122 valence electrons. The summed E-state index contributed by atoms with van der Waals surface area (Å²) < 4.78 is 24.2. The number of sulfone groups is 1. The van der Waals surface area contributed by atoms with E-state index in [2.05, 4.69) is 30.8 Å². The van der Waals surface area contributed by atoms with Crippen LogP contribution in [0.1, 0.15) is 16.8 Å². The van der Waals surface area contributed by atoms with Gasteiger partial charge in [0.1, 0.15) is 0 Å². The summed E-state index contributed by atoms with van der Waals surface area (Å²) in [6, 6.07) is 7.96. The predicted molar refractivity (Wildman–Crippen MR) is 89.9 cm³/mol. The molecular weight excluding hydrogens is 382 g/mol. The number of H-pyrrole nitrogens is 1. The quantitative estimate of drug-likeness (QED) is 0.793. The van der Waals surface area contributed by atoms with Crippen molar-refractivity contribution in [1.82, 2.24) is 14.9 Å². The molecule has 0 amide bonds. The molecule has 0 radical (unpaired) electrons. The fourth-order valence-corrected chi connectivity index (χ4v) is 3.60. The molecule has 3 rings (SSSR count). The third kappa shape index (κ3) is 3.54. The number of fused-ring (bicyclic) bond motifs is 1. The maximum absolute atomic E-state index is 12.2. The molecule has 0 fully saturated rings. The van der Waals surface area contributed by atoms with Crippen molar-refractivity contribution in [2.75, 3.05) is 12.8 Å². The second-order valence-corrected chi connectivity index (χ2v) is 8.41. The number of aromatic amines is 1. The molecule has 23 heavy (non-hydrogen) atoms. The minimum atomic E-state index is -3.51. The zero-order valence-electron chi connectivity index (χ0n) is 12.5. The minimum Gasteiger partial charge on any atom is -0.297 e. The molecule has 0 unspecified atom stereocenters. The third-order valence-corrected chi connectivity index (χ3v) is 5.50. The lowest BCUT2D eigenvalue weighted by Gasteiger charge is -2.27. The minimum absolute atomic E-state index is 0.250. The monoisotopic (exact) mass is 397 g/mol. The van der Waals surface area contributed by atoms with Crippen LogP contribution in [-0.2, 0) is 29.3 Å². The van der Waals surface area contributed by atoms with Gasteiger partial charge in [-0.15, -0.1) is 0 Å². The SMILES string of the molecule is CS(=O)(=O)c1nc2c(c(=O)[nH]1)CN(Cc1ccccc1Br)CC2. The lowest BCUT2D eigenvalue weighted by atomic mass is 10.1. The van der Waals surface area contributed by atoms with Crippen molar-refractivity contribution in [3.8, 4) is 0 Å². The summed E-state index contributed by atoms with van der Waals surface area (Å²) in [6.07, 6.45) is 1.60. The summed E-state index contributed by atoms with van der Waals surface area (Å²) in [5.41, 5.74) is 1.91. The molecular formula is C15H16BrN3O3S. The zero-order valence-corrected chi connectivity index (χ0v) is 14.9. The second-order valence-electron chi connectivity index (χ2n) is 5.62. The van der Waals surface area contributed by atoms with Gasteiger partial charge in [0.25, 0.3) is 5.56 Å². The van der Waals surface area contributed by atoms with Crippen molar-refractivity contribution in [3.05, 3.63) is 55.9 Å². The average Bonchev–Trinajstić information content (AvgIpc) is 2.49. The number of hydrogen-bond donors (Lipinski definition) is 1. The maximum atomic E-state index is 12.2. The molecule has 1 aliphatic heterocycles. The van der Waals surface area contributed by atoms with E-state index in [1.807, 2.05) is 24.3 Å². The van der Waals surface area contributed by atoms with Crippen LogP contribution in [0.15, 0.2) is 38.7 Å². The van der Waals surface area contributed by atoms with Crippen molar-refractivity contribution in [2.24, 2.45) is 0 Å². The summed E-state index contributed by atoms with van der Waals surface area (Å²) in [7, 11) is -3.51. The highest BCUT2D eigenvalue weighted by atomic mass is 79.9. The van der Waals surface area contributed by atoms with Crippen molar-refractivity contribution in [1.29, 1.82) is 0 Å². The van der Waals surface area contributed by atoms with Crippen LogP contribution in [0, 0.1) is 0 Å². The lowest BCUT2D eigenvalue weighted by molar-refractivity contribution is 0.240. The van der Waals surface area contributed by atoms with Crippen LogP contribution in [0.2, 0.25) is 0 Å². The molecule has 6 nitrogen and oxygen atoms in total. The van der Waals surface area contributed by atoms with Gasteiger partial charge in [-0.2, -0.15) is 0 Å². The van der Waals surface area contributed by atoms with Gasteiger partial charge in [-0.05, 0) is 11.6 Å². The van der Waals surface area contributed by atoms with E-state index < -0.39 is 9.84 Å². The summed E-state index contributed by atoms with van der Waals surface area (Å²) in [6.45, 7) is 1.91. The van der Waals surface area contributed by atoms with Gasteiger partial charge < -0.3 is 0 Å². The van der Waals surface area contributed by atoms with E-state index in [1.54, 1.807) is 0 Å². The van der Waals surface area contributed by atoms with Crippen molar-refractivity contribution >= 4 is 25.8 Å². The van der Waals surface area contributed by atoms with Crippen LogP contribution in [0.25, 0.3) is 0 Å². The highest BCUT2D eigenvalue weighted by molar-refractivity contribution is 9.10. The predicted octanol–water partition coefficient (Wildman–Crippen LogP) is 1.49. The Morgan fingerprint density at radius 2 is 2.09 bits per heavy atom. The van der Waals surface area contributed by atoms with E-state index in [0.717, 1.165) is 22.8 Å². The van der Waals surface area contributed by atoms with Gasteiger partial charge in [0.2, 0.25) is 15.0 Å². The maximum Gasteiger partial charge on any atom is 0.256 e. The molecule has 8 heteroatoms. The number of nitrogens with one attached hydrogen (secondary N) is 1. The third-order valence-electron chi connectivity index (χ3n) is 3.83. The molecule has 2 aromatic rings. The first-order valence-corrected chi connectivity index (χ1v) is 9.81. The number of nitrogens with zero attached hydrogens (tertiary/aromatic N) is 2. The smallest absolute Gasteiger partial charge is 0.256 e. The first kappa shape index (κ1) is 16.4. The van der Waals surface area contributed by atoms with Crippen LogP contribution in [0.4, 0.5) is 0 Å². The fraction of sp³-hybridized carbons (Fsp3) is 0.333. The Balaban J connectivity index is 1.87. The molecule has 0 aliphatic carbocycles. The van der Waals surface area contributed by atoms with Crippen LogP contribution in [0.3, 0.4) is 0 Å². The molecule has 1 aromatic carbocycles. The van der Waals surface area contributed by atoms with E-state index in [0.29, 0.717) is 30.8 Å².